The van der Waals surface area contributed by atoms with Gasteiger partial charge in [-0.05, 0) is 35.2 Å². The van der Waals surface area contributed by atoms with Crippen LogP contribution in [0.25, 0.3) is 0 Å². The summed E-state index contributed by atoms with van der Waals surface area (Å²) in [7, 11) is 0. The molecular formula is C24H25N3O2. The number of amides is 1. The third kappa shape index (κ3) is 5.00. The first-order chi connectivity index (χ1) is 14.3. The molecule has 0 radical (unpaired) electrons. The Kier molecular flexibility index (Phi) is 6.17. The first-order valence-corrected chi connectivity index (χ1v) is 9.97. The minimum absolute atomic E-state index is 0.0613. The smallest absolute Gasteiger partial charge is 0.251 e. The molecule has 5 heteroatoms. The molecule has 0 spiro atoms. The number of morpholine rings is 1. The minimum atomic E-state index is -0.0613. The zero-order valence-electron chi connectivity index (χ0n) is 16.4. The molecule has 0 saturated carbocycles. The summed E-state index contributed by atoms with van der Waals surface area (Å²) in [5, 5.41) is 3.03. The molecule has 3 aromatic rings. The van der Waals surface area contributed by atoms with E-state index in [0.29, 0.717) is 12.1 Å². The van der Waals surface area contributed by atoms with Crippen LogP contribution in [-0.4, -0.2) is 37.2 Å². The van der Waals surface area contributed by atoms with Crippen LogP contribution in [0.2, 0.25) is 0 Å². The second-order valence-electron chi connectivity index (χ2n) is 7.13. The van der Waals surface area contributed by atoms with Crippen LogP contribution in [0.5, 0.6) is 0 Å². The maximum atomic E-state index is 12.8. The average Bonchev–Trinajstić information content (AvgIpc) is 2.79. The van der Waals surface area contributed by atoms with E-state index in [0.717, 1.165) is 49.7 Å². The summed E-state index contributed by atoms with van der Waals surface area (Å²) in [4.78, 5) is 19.5. The van der Waals surface area contributed by atoms with Crippen molar-refractivity contribution in [2.24, 2.45) is 0 Å². The van der Waals surface area contributed by atoms with Crippen molar-refractivity contribution in [3.63, 3.8) is 0 Å². The summed E-state index contributed by atoms with van der Waals surface area (Å²) in [6.45, 7) is 3.65. The van der Waals surface area contributed by atoms with Crippen molar-refractivity contribution >= 4 is 11.7 Å². The lowest BCUT2D eigenvalue weighted by molar-refractivity contribution is 0.0950. The van der Waals surface area contributed by atoms with E-state index in [1.807, 2.05) is 60.8 Å². The van der Waals surface area contributed by atoms with Gasteiger partial charge in [-0.15, -0.1) is 0 Å². The van der Waals surface area contributed by atoms with Gasteiger partial charge >= 0.3 is 0 Å². The lowest BCUT2D eigenvalue weighted by Crippen LogP contribution is -2.36. The molecule has 148 valence electrons. The van der Waals surface area contributed by atoms with Crippen LogP contribution >= 0.6 is 0 Å². The molecule has 0 bridgehead atoms. The topological polar surface area (TPSA) is 54.5 Å². The van der Waals surface area contributed by atoms with Gasteiger partial charge in [-0.3, -0.25) is 4.79 Å². The molecule has 1 fully saturated rings. The van der Waals surface area contributed by atoms with E-state index < -0.39 is 0 Å². The van der Waals surface area contributed by atoms with Crippen molar-refractivity contribution in [1.29, 1.82) is 0 Å². The first kappa shape index (κ1) is 19.2. The van der Waals surface area contributed by atoms with Crippen molar-refractivity contribution in [3.8, 4) is 0 Å². The third-order valence-corrected chi connectivity index (χ3v) is 5.10. The number of aromatic nitrogens is 1. The molecule has 2 aromatic carbocycles. The van der Waals surface area contributed by atoms with Crippen molar-refractivity contribution in [1.82, 2.24) is 10.3 Å². The van der Waals surface area contributed by atoms with E-state index in [4.69, 9.17) is 4.74 Å². The number of nitrogens with zero attached hydrogens (tertiary/aromatic N) is 2. The fourth-order valence-corrected chi connectivity index (χ4v) is 3.49. The summed E-state index contributed by atoms with van der Waals surface area (Å²) < 4.78 is 5.38. The number of nitrogens with one attached hydrogen (secondary N) is 1. The highest BCUT2D eigenvalue weighted by Gasteiger charge is 2.13. The highest BCUT2D eigenvalue weighted by atomic mass is 16.5. The van der Waals surface area contributed by atoms with Gasteiger partial charge in [-0.25, -0.2) is 4.98 Å². The summed E-state index contributed by atoms with van der Waals surface area (Å²) in [6, 6.07) is 22.0. The number of benzene rings is 2. The van der Waals surface area contributed by atoms with E-state index in [9.17, 15) is 4.79 Å². The SMILES string of the molecule is O=C(NCc1ccc(N2CCOCC2)nc1)c1ccccc1Cc1ccccc1. The Balaban J connectivity index is 1.38. The Labute approximate surface area is 171 Å². The van der Waals surface area contributed by atoms with Crippen molar-refractivity contribution in [2.75, 3.05) is 31.2 Å². The second kappa shape index (κ2) is 9.34. The average molecular weight is 387 g/mol. The number of hydrogen-bond donors (Lipinski definition) is 1. The number of ether oxygens (including phenoxy) is 1. The Morgan fingerprint density at radius 1 is 0.931 bits per heavy atom. The van der Waals surface area contributed by atoms with E-state index >= 15 is 0 Å². The first-order valence-electron chi connectivity index (χ1n) is 9.97. The van der Waals surface area contributed by atoms with E-state index in [1.54, 1.807) is 0 Å². The molecule has 1 aromatic heterocycles. The maximum Gasteiger partial charge on any atom is 0.251 e. The molecule has 0 atom stereocenters. The van der Waals surface area contributed by atoms with Crippen LogP contribution in [0.4, 0.5) is 5.82 Å². The van der Waals surface area contributed by atoms with Crippen molar-refractivity contribution in [2.45, 2.75) is 13.0 Å². The zero-order chi connectivity index (χ0) is 19.9. The van der Waals surface area contributed by atoms with Gasteiger partial charge in [0.2, 0.25) is 0 Å². The molecule has 1 aliphatic rings. The molecule has 0 unspecified atom stereocenters. The zero-order valence-corrected chi connectivity index (χ0v) is 16.4. The van der Waals surface area contributed by atoms with Gasteiger partial charge in [-0.2, -0.15) is 0 Å². The Bertz CT molecular complexity index is 936. The highest BCUT2D eigenvalue weighted by Crippen LogP contribution is 2.16. The largest absolute Gasteiger partial charge is 0.378 e. The molecule has 1 amide bonds. The maximum absolute atomic E-state index is 12.8. The normalized spacial score (nSPS) is 13.9. The number of hydrogen-bond acceptors (Lipinski definition) is 4. The van der Waals surface area contributed by atoms with Gasteiger partial charge in [0.15, 0.2) is 0 Å². The monoisotopic (exact) mass is 387 g/mol. The van der Waals surface area contributed by atoms with Crippen LogP contribution < -0.4 is 10.2 Å². The standard InChI is InChI=1S/C24H25N3O2/c28-24(22-9-5-4-8-21(22)16-19-6-2-1-3-7-19)26-18-20-10-11-23(25-17-20)27-12-14-29-15-13-27/h1-11,17H,12-16,18H2,(H,26,28). The quantitative estimate of drug-likeness (QED) is 0.704. The Morgan fingerprint density at radius 3 is 2.45 bits per heavy atom. The van der Waals surface area contributed by atoms with Crippen LogP contribution in [0.3, 0.4) is 0 Å². The third-order valence-electron chi connectivity index (χ3n) is 5.10. The predicted molar refractivity (Wildman–Crippen MR) is 114 cm³/mol. The second-order valence-corrected chi connectivity index (χ2v) is 7.13. The van der Waals surface area contributed by atoms with Crippen LogP contribution in [-0.2, 0) is 17.7 Å². The summed E-state index contributed by atoms with van der Waals surface area (Å²) >= 11 is 0. The molecule has 4 rings (SSSR count). The molecule has 0 aliphatic carbocycles. The van der Waals surface area contributed by atoms with Gasteiger partial charge in [-0.1, -0.05) is 54.6 Å². The summed E-state index contributed by atoms with van der Waals surface area (Å²) in [5.41, 5.74) is 3.91. The fourth-order valence-electron chi connectivity index (χ4n) is 3.49. The Morgan fingerprint density at radius 2 is 1.69 bits per heavy atom. The summed E-state index contributed by atoms with van der Waals surface area (Å²) in [6.07, 6.45) is 2.57. The van der Waals surface area contributed by atoms with Crippen LogP contribution in [0.1, 0.15) is 27.0 Å². The lowest BCUT2D eigenvalue weighted by atomic mass is 9.99. The molecule has 1 saturated heterocycles. The predicted octanol–water partition coefficient (Wildman–Crippen LogP) is 3.44. The molecular weight excluding hydrogens is 362 g/mol. The van der Waals surface area contributed by atoms with Gasteiger partial charge in [0.1, 0.15) is 5.82 Å². The van der Waals surface area contributed by atoms with Crippen LogP contribution in [0.15, 0.2) is 72.9 Å². The summed E-state index contributed by atoms with van der Waals surface area (Å²) in [5.74, 6) is 0.894. The number of rotatable bonds is 6. The van der Waals surface area contributed by atoms with Gasteiger partial charge < -0.3 is 15.0 Å². The number of carbonyl (C=O) groups is 1. The van der Waals surface area contributed by atoms with Gasteiger partial charge in [0.25, 0.3) is 5.91 Å². The number of anilines is 1. The van der Waals surface area contributed by atoms with E-state index in [1.165, 1.54) is 5.56 Å². The Hall–Kier alpha value is -3.18. The fraction of sp³-hybridized carbons (Fsp3) is 0.250. The molecule has 1 N–H and O–H groups in total. The molecule has 5 nitrogen and oxygen atoms in total. The minimum Gasteiger partial charge on any atom is -0.378 e. The lowest BCUT2D eigenvalue weighted by Gasteiger charge is -2.27. The van der Waals surface area contributed by atoms with E-state index in [2.05, 4.69) is 27.3 Å². The molecule has 1 aliphatic heterocycles. The van der Waals surface area contributed by atoms with Crippen molar-refractivity contribution in [3.05, 3.63) is 95.2 Å². The number of pyridine rings is 1. The highest BCUT2D eigenvalue weighted by molar-refractivity contribution is 5.95. The molecule has 2 heterocycles. The van der Waals surface area contributed by atoms with Gasteiger partial charge in [0.05, 0.1) is 13.2 Å². The van der Waals surface area contributed by atoms with Gasteiger partial charge in [0, 0.05) is 31.4 Å². The van der Waals surface area contributed by atoms with E-state index in [-0.39, 0.29) is 5.91 Å². The van der Waals surface area contributed by atoms with Crippen molar-refractivity contribution < 1.29 is 9.53 Å². The van der Waals surface area contributed by atoms with Crippen LogP contribution in [0, 0.1) is 0 Å². The number of carbonyl (C=O) groups excluding carboxylic acids is 1. The molecule has 29 heavy (non-hydrogen) atoms.